The van der Waals surface area contributed by atoms with Crippen molar-refractivity contribution < 1.29 is 9.59 Å². The number of hydrogen-bond donors (Lipinski definition) is 1. The summed E-state index contributed by atoms with van der Waals surface area (Å²) in [5.41, 5.74) is 1.74. The Morgan fingerprint density at radius 1 is 1.13 bits per heavy atom. The number of amides is 2. The summed E-state index contributed by atoms with van der Waals surface area (Å²) in [6.45, 7) is 2.85. The first-order valence-electron chi connectivity index (χ1n) is 10.3. The van der Waals surface area contributed by atoms with Crippen molar-refractivity contribution in [3.05, 3.63) is 48.6 Å². The summed E-state index contributed by atoms with van der Waals surface area (Å²) in [5.74, 6) is 1.06. The zero-order valence-corrected chi connectivity index (χ0v) is 17.7. The van der Waals surface area contributed by atoms with E-state index in [4.69, 9.17) is 0 Å². The molecule has 9 heteroatoms. The minimum absolute atomic E-state index is 0.118. The van der Waals surface area contributed by atoms with Gasteiger partial charge in [-0.05, 0) is 18.2 Å². The number of anilines is 1. The normalized spacial score (nSPS) is 20.6. The zero-order valence-electron chi connectivity index (χ0n) is 16.9. The molecule has 1 aromatic heterocycles. The van der Waals surface area contributed by atoms with Gasteiger partial charge in [-0.1, -0.05) is 42.1 Å². The van der Waals surface area contributed by atoms with E-state index in [1.807, 2.05) is 41.3 Å². The van der Waals surface area contributed by atoms with Crippen LogP contribution in [0, 0.1) is 5.92 Å². The standard InChI is InChI=1S/C22H22N6O2S/c29-19(9-14-31-22-23-17-7-3-2-6-16(17)21(30)24-22)27-10-12-28(13-11-27)20-15-5-1-4-8-18(15)25-26-20/h1-8,16H,9-14H2,(H,25,26). The molecule has 3 aliphatic rings. The molecule has 2 aromatic rings. The molecule has 3 heterocycles. The van der Waals surface area contributed by atoms with Gasteiger partial charge in [0.2, 0.25) is 5.91 Å². The number of nitrogens with one attached hydrogen (secondary N) is 1. The zero-order chi connectivity index (χ0) is 21.2. The first kappa shape index (κ1) is 19.7. The highest BCUT2D eigenvalue weighted by Crippen LogP contribution is 2.25. The summed E-state index contributed by atoms with van der Waals surface area (Å²) < 4.78 is 0. The van der Waals surface area contributed by atoms with Crippen molar-refractivity contribution in [2.45, 2.75) is 6.42 Å². The summed E-state index contributed by atoms with van der Waals surface area (Å²) >= 11 is 1.36. The lowest BCUT2D eigenvalue weighted by molar-refractivity contribution is -0.131. The molecule has 0 spiro atoms. The highest BCUT2D eigenvalue weighted by molar-refractivity contribution is 8.13. The molecule has 2 amide bonds. The van der Waals surface area contributed by atoms with E-state index >= 15 is 0 Å². The van der Waals surface area contributed by atoms with Gasteiger partial charge < -0.3 is 9.80 Å². The molecule has 1 fully saturated rings. The Balaban J connectivity index is 1.12. The van der Waals surface area contributed by atoms with Crippen molar-refractivity contribution in [1.82, 2.24) is 15.1 Å². The Bertz CT molecular complexity index is 1140. The van der Waals surface area contributed by atoms with Crippen molar-refractivity contribution in [1.29, 1.82) is 0 Å². The minimum Gasteiger partial charge on any atom is -0.351 e. The summed E-state index contributed by atoms with van der Waals surface area (Å²) in [7, 11) is 0. The topological polar surface area (TPSA) is 94.0 Å². The summed E-state index contributed by atoms with van der Waals surface area (Å²) in [5, 5.41) is 9.08. The maximum Gasteiger partial charge on any atom is 0.261 e. The molecule has 158 valence electrons. The largest absolute Gasteiger partial charge is 0.351 e. The molecule has 0 saturated carbocycles. The van der Waals surface area contributed by atoms with Gasteiger partial charge in [0.15, 0.2) is 11.0 Å². The Morgan fingerprint density at radius 2 is 1.97 bits per heavy atom. The van der Waals surface area contributed by atoms with Crippen LogP contribution in [0.1, 0.15) is 6.42 Å². The van der Waals surface area contributed by atoms with Gasteiger partial charge >= 0.3 is 0 Å². The van der Waals surface area contributed by atoms with Crippen molar-refractivity contribution in [2.24, 2.45) is 15.9 Å². The monoisotopic (exact) mass is 434 g/mol. The number of hydrogen-bond acceptors (Lipinski definition) is 6. The Hall–Kier alpha value is -3.20. The van der Waals surface area contributed by atoms with Crippen LogP contribution in [0.5, 0.6) is 0 Å². The molecular formula is C22H22N6O2S. The Labute approximate surface area is 183 Å². The molecule has 5 rings (SSSR count). The second-order valence-corrected chi connectivity index (χ2v) is 8.61. The molecule has 31 heavy (non-hydrogen) atoms. The van der Waals surface area contributed by atoms with E-state index < -0.39 is 0 Å². The second-order valence-electron chi connectivity index (χ2n) is 7.55. The fourth-order valence-electron chi connectivity index (χ4n) is 3.96. The molecule has 1 aliphatic carbocycles. The van der Waals surface area contributed by atoms with E-state index in [0.717, 1.165) is 35.5 Å². The quantitative estimate of drug-likeness (QED) is 0.798. The van der Waals surface area contributed by atoms with Gasteiger partial charge in [-0.3, -0.25) is 14.7 Å². The lowest BCUT2D eigenvalue weighted by Gasteiger charge is -2.35. The maximum absolute atomic E-state index is 12.6. The van der Waals surface area contributed by atoms with Crippen molar-refractivity contribution in [2.75, 3.05) is 36.8 Å². The third-order valence-electron chi connectivity index (χ3n) is 5.63. The van der Waals surface area contributed by atoms with Crippen molar-refractivity contribution in [3.8, 4) is 0 Å². The van der Waals surface area contributed by atoms with E-state index in [1.165, 1.54) is 11.8 Å². The fraction of sp³-hybridized carbons (Fsp3) is 0.318. The molecule has 8 nitrogen and oxygen atoms in total. The number of fused-ring (bicyclic) bond motifs is 2. The van der Waals surface area contributed by atoms with Gasteiger partial charge in [0.25, 0.3) is 5.91 Å². The van der Waals surface area contributed by atoms with Crippen LogP contribution in [-0.4, -0.2) is 69.7 Å². The van der Waals surface area contributed by atoms with E-state index in [0.29, 0.717) is 30.4 Å². The number of para-hydroxylation sites is 1. The lowest BCUT2D eigenvalue weighted by Crippen LogP contribution is -2.49. The SMILES string of the molecule is O=C1N=C(SCCC(=O)N2CCN(c3n[nH]c4ccccc34)CC2)N=C2C=CC=CC12. The highest BCUT2D eigenvalue weighted by atomic mass is 32.2. The summed E-state index contributed by atoms with van der Waals surface area (Å²) in [6.07, 6.45) is 7.74. The van der Waals surface area contributed by atoms with E-state index in [-0.39, 0.29) is 17.7 Å². The lowest BCUT2D eigenvalue weighted by atomic mass is 9.97. The second kappa shape index (κ2) is 8.50. The first-order chi connectivity index (χ1) is 15.2. The van der Waals surface area contributed by atoms with Crippen LogP contribution in [0.2, 0.25) is 0 Å². The first-order valence-corrected chi connectivity index (χ1v) is 11.3. The third-order valence-corrected chi connectivity index (χ3v) is 6.48. The molecule has 1 aromatic carbocycles. The number of aromatic nitrogens is 2. The predicted molar refractivity (Wildman–Crippen MR) is 124 cm³/mol. The number of piperazine rings is 1. The summed E-state index contributed by atoms with van der Waals surface area (Å²) in [6, 6.07) is 8.07. The van der Waals surface area contributed by atoms with Crippen LogP contribution in [0.25, 0.3) is 10.9 Å². The number of H-pyrrole nitrogens is 1. The Kier molecular flexibility index (Phi) is 5.42. The van der Waals surface area contributed by atoms with Gasteiger partial charge in [-0.25, -0.2) is 4.99 Å². The number of carbonyl (C=O) groups excluding carboxylic acids is 2. The Morgan fingerprint density at radius 3 is 2.84 bits per heavy atom. The average molecular weight is 435 g/mol. The van der Waals surface area contributed by atoms with Crippen LogP contribution >= 0.6 is 11.8 Å². The molecule has 1 unspecified atom stereocenters. The van der Waals surface area contributed by atoms with Crippen molar-refractivity contribution >= 4 is 51.2 Å². The number of thioether (sulfide) groups is 1. The van der Waals surface area contributed by atoms with Crippen LogP contribution in [-0.2, 0) is 9.59 Å². The number of carbonyl (C=O) groups is 2. The number of aromatic amines is 1. The fourth-order valence-corrected chi connectivity index (χ4v) is 4.74. The number of allylic oxidation sites excluding steroid dienone is 3. The van der Waals surface area contributed by atoms with E-state index in [2.05, 4.69) is 31.1 Å². The van der Waals surface area contributed by atoms with Crippen molar-refractivity contribution in [3.63, 3.8) is 0 Å². The smallest absolute Gasteiger partial charge is 0.261 e. The van der Waals surface area contributed by atoms with Gasteiger partial charge in [-0.15, -0.1) is 0 Å². The van der Waals surface area contributed by atoms with Gasteiger partial charge in [0, 0.05) is 43.7 Å². The molecule has 2 aliphatic heterocycles. The van der Waals surface area contributed by atoms with E-state index in [1.54, 1.807) is 6.08 Å². The number of rotatable bonds is 4. The molecule has 0 radical (unpaired) electrons. The molecule has 1 atom stereocenters. The average Bonchev–Trinajstić information content (AvgIpc) is 3.23. The highest BCUT2D eigenvalue weighted by Gasteiger charge is 2.27. The molecule has 1 saturated heterocycles. The number of nitrogens with zero attached hydrogens (tertiary/aromatic N) is 5. The number of amidine groups is 1. The third kappa shape index (κ3) is 4.05. The minimum atomic E-state index is -0.362. The number of aliphatic imine (C=N–C) groups is 2. The van der Waals surface area contributed by atoms with Crippen LogP contribution in [0.15, 0.2) is 58.6 Å². The molecule has 0 bridgehead atoms. The van der Waals surface area contributed by atoms with Crippen LogP contribution < -0.4 is 4.90 Å². The molecule has 1 N–H and O–H groups in total. The molecular weight excluding hydrogens is 412 g/mol. The van der Waals surface area contributed by atoms with Gasteiger partial charge in [0.05, 0.1) is 11.2 Å². The van der Waals surface area contributed by atoms with E-state index in [9.17, 15) is 9.59 Å². The maximum atomic E-state index is 12.6. The number of benzene rings is 1. The van der Waals surface area contributed by atoms with Crippen LogP contribution in [0.4, 0.5) is 5.82 Å². The predicted octanol–water partition coefficient (Wildman–Crippen LogP) is 2.41. The van der Waals surface area contributed by atoms with Crippen LogP contribution in [0.3, 0.4) is 0 Å². The summed E-state index contributed by atoms with van der Waals surface area (Å²) in [4.78, 5) is 37.4. The van der Waals surface area contributed by atoms with Gasteiger partial charge in [0.1, 0.15) is 5.92 Å². The van der Waals surface area contributed by atoms with Gasteiger partial charge in [-0.2, -0.15) is 10.1 Å².